The van der Waals surface area contributed by atoms with Gasteiger partial charge in [0.05, 0.1) is 5.54 Å². The molecule has 7 heteroatoms. The van der Waals surface area contributed by atoms with E-state index < -0.39 is 0 Å². The Morgan fingerprint density at radius 1 is 1.22 bits per heavy atom. The second kappa shape index (κ2) is 9.88. The molecule has 23 heavy (non-hydrogen) atoms. The largest absolute Gasteiger partial charge is 0.344 e. The van der Waals surface area contributed by atoms with Gasteiger partial charge in [0.15, 0.2) is 0 Å². The van der Waals surface area contributed by atoms with Crippen LogP contribution in [0.2, 0.25) is 0 Å². The molecule has 0 spiro atoms. The van der Waals surface area contributed by atoms with Crippen molar-refractivity contribution in [3.05, 3.63) is 41.4 Å². The van der Waals surface area contributed by atoms with Gasteiger partial charge in [0.1, 0.15) is 10.7 Å². The third kappa shape index (κ3) is 5.18. The summed E-state index contributed by atoms with van der Waals surface area (Å²) in [7, 11) is 0. The molecule has 0 saturated heterocycles. The molecular formula is C16H23Cl2N3OS. The number of nitrogens with one attached hydrogen (secondary N) is 1. The fourth-order valence-corrected chi connectivity index (χ4v) is 2.97. The van der Waals surface area contributed by atoms with E-state index in [2.05, 4.69) is 10.3 Å². The highest BCUT2D eigenvalue weighted by Gasteiger charge is 2.27. The third-order valence-electron chi connectivity index (χ3n) is 3.88. The van der Waals surface area contributed by atoms with Gasteiger partial charge in [-0.1, -0.05) is 44.2 Å². The van der Waals surface area contributed by atoms with Gasteiger partial charge in [-0.05, 0) is 12.8 Å². The van der Waals surface area contributed by atoms with Gasteiger partial charge in [0.2, 0.25) is 0 Å². The number of aromatic nitrogens is 1. The van der Waals surface area contributed by atoms with Gasteiger partial charge >= 0.3 is 0 Å². The maximum atomic E-state index is 12.4. The van der Waals surface area contributed by atoms with Crippen molar-refractivity contribution in [3.8, 4) is 10.6 Å². The molecule has 0 bridgehead atoms. The summed E-state index contributed by atoms with van der Waals surface area (Å²) in [5.41, 5.74) is 6.96. The summed E-state index contributed by atoms with van der Waals surface area (Å²) in [5.74, 6) is -0.150. The average molecular weight is 376 g/mol. The number of thiazole rings is 1. The van der Waals surface area contributed by atoms with Crippen LogP contribution in [0, 0.1) is 0 Å². The molecule has 0 unspecified atom stereocenters. The van der Waals surface area contributed by atoms with Gasteiger partial charge in [0.25, 0.3) is 5.91 Å². The summed E-state index contributed by atoms with van der Waals surface area (Å²) < 4.78 is 0. The predicted octanol–water partition coefficient (Wildman–Crippen LogP) is 3.90. The number of nitrogens with two attached hydrogens (primary N) is 1. The maximum absolute atomic E-state index is 12.4. The van der Waals surface area contributed by atoms with E-state index in [1.807, 2.05) is 44.2 Å². The number of hydrogen-bond donors (Lipinski definition) is 2. The Kier molecular flexibility index (Phi) is 9.39. The van der Waals surface area contributed by atoms with E-state index in [1.54, 1.807) is 5.38 Å². The summed E-state index contributed by atoms with van der Waals surface area (Å²) in [6.45, 7) is 4.50. The minimum atomic E-state index is -0.340. The van der Waals surface area contributed by atoms with E-state index in [1.165, 1.54) is 11.3 Å². The molecule has 4 nitrogen and oxygen atoms in total. The van der Waals surface area contributed by atoms with Crippen LogP contribution >= 0.6 is 36.2 Å². The molecule has 3 N–H and O–H groups in total. The molecule has 128 valence electrons. The highest BCUT2D eigenvalue weighted by atomic mass is 35.5. The molecule has 1 aromatic heterocycles. The monoisotopic (exact) mass is 375 g/mol. The molecule has 2 rings (SSSR count). The van der Waals surface area contributed by atoms with Crippen LogP contribution in [-0.2, 0) is 0 Å². The van der Waals surface area contributed by atoms with Crippen LogP contribution in [0.3, 0.4) is 0 Å². The Morgan fingerprint density at radius 2 is 1.83 bits per heavy atom. The molecule has 1 heterocycles. The zero-order valence-electron chi connectivity index (χ0n) is 13.2. The lowest BCUT2D eigenvalue weighted by Gasteiger charge is -2.31. The van der Waals surface area contributed by atoms with E-state index in [9.17, 15) is 4.79 Å². The Morgan fingerprint density at radius 3 is 2.35 bits per heavy atom. The number of halogens is 2. The quantitative estimate of drug-likeness (QED) is 0.804. The number of carbonyl (C=O) groups is 1. The highest BCUT2D eigenvalue weighted by Crippen LogP contribution is 2.24. The summed E-state index contributed by atoms with van der Waals surface area (Å²) >= 11 is 1.48. The molecule has 2 aromatic rings. The van der Waals surface area contributed by atoms with Gasteiger partial charge in [0, 0.05) is 17.5 Å². The van der Waals surface area contributed by atoms with E-state index in [4.69, 9.17) is 5.73 Å². The molecule has 0 atom stereocenters. The molecule has 0 aliphatic rings. The van der Waals surface area contributed by atoms with Gasteiger partial charge in [-0.25, -0.2) is 4.98 Å². The predicted molar refractivity (Wildman–Crippen MR) is 102 cm³/mol. The van der Waals surface area contributed by atoms with Crippen molar-refractivity contribution in [2.75, 3.05) is 6.54 Å². The summed E-state index contributed by atoms with van der Waals surface area (Å²) in [6.07, 6.45) is 1.61. The van der Waals surface area contributed by atoms with Crippen molar-refractivity contribution in [2.45, 2.75) is 32.2 Å². The van der Waals surface area contributed by atoms with Crippen molar-refractivity contribution < 1.29 is 4.79 Å². The SMILES string of the molecule is CCC(CC)(CN)NC(=O)c1csc(-c2ccccc2)n1.Cl.Cl. The number of hydrogen-bond acceptors (Lipinski definition) is 4. The van der Waals surface area contributed by atoms with Gasteiger partial charge in [-0.15, -0.1) is 36.2 Å². The van der Waals surface area contributed by atoms with E-state index in [0.717, 1.165) is 23.4 Å². The van der Waals surface area contributed by atoms with Crippen molar-refractivity contribution in [3.63, 3.8) is 0 Å². The number of amides is 1. The third-order valence-corrected chi connectivity index (χ3v) is 4.77. The highest BCUT2D eigenvalue weighted by molar-refractivity contribution is 7.13. The zero-order chi connectivity index (χ0) is 15.3. The zero-order valence-corrected chi connectivity index (χ0v) is 15.7. The summed E-state index contributed by atoms with van der Waals surface area (Å²) in [4.78, 5) is 16.8. The molecule has 0 aliphatic heterocycles. The fourth-order valence-electron chi connectivity index (χ4n) is 2.16. The van der Waals surface area contributed by atoms with Crippen LogP contribution in [0.1, 0.15) is 37.2 Å². The second-order valence-electron chi connectivity index (χ2n) is 5.05. The molecular weight excluding hydrogens is 353 g/mol. The minimum Gasteiger partial charge on any atom is -0.344 e. The first kappa shape index (κ1) is 21.9. The first-order chi connectivity index (χ1) is 10.1. The van der Waals surface area contributed by atoms with Crippen LogP contribution in [0.15, 0.2) is 35.7 Å². The maximum Gasteiger partial charge on any atom is 0.271 e. The fraction of sp³-hybridized carbons (Fsp3) is 0.375. The molecule has 0 aliphatic carbocycles. The van der Waals surface area contributed by atoms with Crippen LogP contribution < -0.4 is 11.1 Å². The standard InChI is InChI=1S/C16H21N3OS.2ClH/c1-3-16(4-2,11-17)19-14(20)13-10-21-15(18-13)12-8-6-5-7-9-12;;/h5-10H,3-4,11,17H2,1-2H3,(H,19,20);2*1H. The Labute approximate surface area is 153 Å². The lowest BCUT2D eigenvalue weighted by molar-refractivity contribution is 0.0891. The molecule has 1 aromatic carbocycles. The normalized spacial score (nSPS) is 10.4. The van der Waals surface area contributed by atoms with Crippen molar-refractivity contribution >= 4 is 42.1 Å². The Hall–Kier alpha value is -1.14. The summed E-state index contributed by atoms with van der Waals surface area (Å²) in [5, 5.41) is 5.69. The average Bonchev–Trinajstić information content (AvgIpc) is 3.04. The van der Waals surface area contributed by atoms with Crippen LogP contribution in [0.4, 0.5) is 0 Å². The Bertz CT molecular complexity index is 592. The van der Waals surface area contributed by atoms with Gasteiger partial charge < -0.3 is 11.1 Å². The van der Waals surface area contributed by atoms with Crippen LogP contribution in [0.25, 0.3) is 10.6 Å². The first-order valence-electron chi connectivity index (χ1n) is 7.17. The van der Waals surface area contributed by atoms with Gasteiger partial charge in [-0.2, -0.15) is 0 Å². The van der Waals surface area contributed by atoms with E-state index in [0.29, 0.717) is 12.2 Å². The minimum absolute atomic E-state index is 0. The van der Waals surface area contributed by atoms with E-state index >= 15 is 0 Å². The lowest BCUT2D eigenvalue weighted by atomic mass is 9.93. The summed E-state index contributed by atoms with van der Waals surface area (Å²) in [6, 6.07) is 9.86. The molecule has 0 fully saturated rings. The Balaban J connectivity index is 0.00000242. The number of nitrogens with zero attached hydrogens (tertiary/aromatic N) is 1. The molecule has 0 radical (unpaired) electrons. The lowest BCUT2D eigenvalue weighted by Crippen LogP contribution is -2.52. The molecule has 0 saturated carbocycles. The smallest absolute Gasteiger partial charge is 0.271 e. The topological polar surface area (TPSA) is 68.0 Å². The second-order valence-corrected chi connectivity index (χ2v) is 5.91. The van der Waals surface area contributed by atoms with E-state index in [-0.39, 0.29) is 36.3 Å². The number of rotatable bonds is 6. The number of carbonyl (C=O) groups excluding carboxylic acids is 1. The van der Waals surface area contributed by atoms with Crippen molar-refractivity contribution in [1.29, 1.82) is 0 Å². The first-order valence-corrected chi connectivity index (χ1v) is 8.05. The van der Waals surface area contributed by atoms with Gasteiger partial charge in [-0.3, -0.25) is 4.79 Å². The van der Waals surface area contributed by atoms with Crippen molar-refractivity contribution in [2.24, 2.45) is 5.73 Å². The van der Waals surface area contributed by atoms with Crippen molar-refractivity contribution in [1.82, 2.24) is 10.3 Å². The molecule has 1 amide bonds. The van der Waals surface area contributed by atoms with Crippen LogP contribution in [0.5, 0.6) is 0 Å². The van der Waals surface area contributed by atoms with Crippen LogP contribution in [-0.4, -0.2) is 23.0 Å². The number of benzene rings is 1.